The second-order valence-corrected chi connectivity index (χ2v) is 3.99. The summed E-state index contributed by atoms with van der Waals surface area (Å²) in [6, 6.07) is 0. The molecule has 0 spiro atoms. The molecule has 0 bridgehead atoms. The van der Waals surface area contributed by atoms with Gasteiger partial charge < -0.3 is 10.1 Å². The predicted octanol–water partition coefficient (Wildman–Crippen LogP) is 1.14. The molecule has 0 saturated carbocycles. The van der Waals surface area contributed by atoms with E-state index in [2.05, 4.69) is 15.3 Å². The lowest BCUT2D eigenvalue weighted by Crippen LogP contribution is -2.30. The van der Waals surface area contributed by atoms with Gasteiger partial charge in [0.15, 0.2) is 6.61 Å². The second-order valence-electron chi connectivity index (χ2n) is 3.61. The fraction of sp³-hybridized carbons (Fsp3) is 0.545. The first kappa shape index (κ1) is 13.7. The van der Waals surface area contributed by atoms with Crippen LogP contribution < -0.4 is 10.1 Å². The fourth-order valence-electron chi connectivity index (χ4n) is 1.20. The molecule has 17 heavy (non-hydrogen) atoms. The Morgan fingerprint density at radius 3 is 2.53 bits per heavy atom. The Bertz CT molecular complexity index is 410. The molecule has 0 aliphatic carbocycles. The van der Waals surface area contributed by atoms with Crippen molar-refractivity contribution in [2.45, 2.75) is 20.8 Å². The highest BCUT2D eigenvalue weighted by Gasteiger charge is 2.08. The van der Waals surface area contributed by atoms with Crippen LogP contribution in [0.1, 0.15) is 17.1 Å². The van der Waals surface area contributed by atoms with Gasteiger partial charge in [0.25, 0.3) is 5.91 Å². The average Bonchev–Trinajstić information content (AvgIpc) is 2.29. The standard InChI is InChI=1S/C11H16ClN3O2/c1-7-8(2)15-11(9(3)14-7)17-6-10(16)13-5-4-12/h4-6H2,1-3H3,(H,13,16). The summed E-state index contributed by atoms with van der Waals surface area (Å²) in [6.07, 6.45) is 0. The zero-order chi connectivity index (χ0) is 12.8. The van der Waals surface area contributed by atoms with E-state index < -0.39 is 0 Å². The van der Waals surface area contributed by atoms with Crippen molar-refractivity contribution < 1.29 is 9.53 Å². The summed E-state index contributed by atoms with van der Waals surface area (Å²) in [4.78, 5) is 19.8. The van der Waals surface area contributed by atoms with E-state index in [1.165, 1.54) is 0 Å². The average molecular weight is 258 g/mol. The van der Waals surface area contributed by atoms with Gasteiger partial charge in [-0.3, -0.25) is 9.78 Å². The van der Waals surface area contributed by atoms with Crippen LogP contribution in [0.4, 0.5) is 0 Å². The molecular weight excluding hydrogens is 242 g/mol. The van der Waals surface area contributed by atoms with Gasteiger partial charge in [-0.1, -0.05) is 0 Å². The molecule has 0 aliphatic heterocycles. The molecule has 0 fully saturated rings. The van der Waals surface area contributed by atoms with Crippen molar-refractivity contribution in [3.63, 3.8) is 0 Å². The van der Waals surface area contributed by atoms with Gasteiger partial charge >= 0.3 is 0 Å². The van der Waals surface area contributed by atoms with Crippen LogP contribution in [-0.4, -0.2) is 34.9 Å². The lowest BCUT2D eigenvalue weighted by Gasteiger charge is -2.09. The normalized spacial score (nSPS) is 10.1. The molecule has 0 aromatic carbocycles. The number of carbonyl (C=O) groups excluding carboxylic acids is 1. The molecule has 0 saturated heterocycles. The molecule has 6 heteroatoms. The SMILES string of the molecule is Cc1nc(C)c(OCC(=O)NCCCl)nc1C. The number of nitrogens with one attached hydrogen (secondary N) is 1. The monoisotopic (exact) mass is 257 g/mol. The van der Waals surface area contributed by atoms with Crippen LogP contribution in [-0.2, 0) is 4.79 Å². The number of alkyl halides is 1. The van der Waals surface area contributed by atoms with Crippen LogP contribution in [0.3, 0.4) is 0 Å². The van der Waals surface area contributed by atoms with Crippen molar-refractivity contribution in [2.24, 2.45) is 0 Å². The van der Waals surface area contributed by atoms with Gasteiger partial charge in [0.1, 0.15) is 0 Å². The van der Waals surface area contributed by atoms with Crippen molar-refractivity contribution in [3.05, 3.63) is 17.1 Å². The molecule has 0 unspecified atom stereocenters. The third-order valence-electron chi connectivity index (χ3n) is 2.19. The summed E-state index contributed by atoms with van der Waals surface area (Å²) < 4.78 is 5.30. The van der Waals surface area contributed by atoms with Crippen molar-refractivity contribution >= 4 is 17.5 Å². The molecule has 1 aromatic heterocycles. The van der Waals surface area contributed by atoms with Crippen LogP contribution in [0.15, 0.2) is 0 Å². The maximum atomic E-state index is 11.3. The Morgan fingerprint density at radius 2 is 1.88 bits per heavy atom. The van der Waals surface area contributed by atoms with Crippen LogP contribution in [0.2, 0.25) is 0 Å². The van der Waals surface area contributed by atoms with E-state index in [0.29, 0.717) is 24.0 Å². The lowest BCUT2D eigenvalue weighted by molar-refractivity contribution is -0.123. The van der Waals surface area contributed by atoms with Gasteiger partial charge in [-0.05, 0) is 20.8 Å². The highest BCUT2D eigenvalue weighted by atomic mass is 35.5. The smallest absolute Gasteiger partial charge is 0.258 e. The van der Waals surface area contributed by atoms with Gasteiger partial charge in [0, 0.05) is 12.4 Å². The summed E-state index contributed by atoms with van der Waals surface area (Å²) in [5.41, 5.74) is 2.34. The van der Waals surface area contributed by atoms with E-state index in [1.54, 1.807) is 6.92 Å². The Hall–Kier alpha value is -1.36. The van der Waals surface area contributed by atoms with Crippen molar-refractivity contribution in [2.75, 3.05) is 19.0 Å². The van der Waals surface area contributed by atoms with Crippen LogP contribution in [0.25, 0.3) is 0 Å². The number of hydrogen-bond acceptors (Lipinski definition) is 4. The summed E-state index contributed by atoms with van der Waals surface area (Å²) >= 11 is 5.45. The Labute approximate surface area is 106 Å². The minimum absolute atomic E-state index is 0.0745. The summed E-state index contributed by atoms with van der Waals surface area (Å²) in [7, 11) is 0. The summed E-state index contributed by atoms with van der Waals surface area (Å²) in [5.74, 6) is 0.563. The maximum absolute atomic E-state index is 11.3. The number of aryl methyl sites for hydroxylation is 3. The van der Waals surface area contributed by atoms with E-state index >= 15 is 0 Å². The Kier molecular flexibility index (Phi) is 5.15. The molecule has 1 heterocycles. The predicted molar refractivity (Wildman–Crippen MR) is 65.5 cm³/mol. The Morgan fingerprint density at radius 1 is 1.24 bits per heavy atom. The van der Waals surface area contributed by atoms with Gasteiger partial charge in [-0.25, -0.2) is 4.98 Å². The maximum Gasteiger partial charge on any atom is 0.258 e. The number of aromatic nitrogens is 2. The van der Waals surface area contributed by atoms with E-state index in [1.807, 2.05) is 13.8 Å². The quantitative estimate of drug-likeness (QED) is 0.804. The molecule has 1 N–H and O–H groups in total. The van der Waals surface area contributed by atoms with E-state index in [0.717, 1.165) is 11.4 Å². The van der Waals surface area contributed by atoms with Crippen molar-refractivity contribution in [1.82, 2.24) is 15.3 Å². The number of amides is 1. The van der Waals surface area contributed by atoms with Crippen LogP contribution >= 0.6 is 11.6 Å². The molecular formula is C11H16ClN3O2. The van der Waals surface area contributed by atoms with Gasteiger partial charge in [-0.2, -0.15) is 0 Å². The highest BCUT2D eigenvalue weighted by Crippen LogP contribution is 2.14. The minimum atomic E-state index is -0.218. The minimum Gasteiger partial charge on any atom is -0.466 e. The molecule has 0 radical (unpaired) electrons. The number of hydrogen-bond donors (Lipinski definition) is 1. The fourth-order valence-corrected chi connectivity index (χ4v) is 1.30. The third kappa shape index (κ3) is 4.19. The first-order chi connectivity index (χ1) is 8.04. The van der Waals surface area contributed by atoms with Gasteiger partial charge in [0.05, 0.1) is 17.1 Å². The van der Waals surface area contributed by atoms with Gasteiger partial charge in [0.2, 0.25) is 5.88 Å². The van der Waals surface area contributed by atoms with Crippen molar-refractivity contribution in [3.8, 4) is 5.88 Å². The van der Waals surface area contributed by atoms with Crippen LogP contribution in [0.5, 0.6) is 5.88 Å². The van der Waals surface area contributed by atoms with E-state index in [9.17, 15) is 4.79 Å². The van der Waals surface area contributed by atoms with Crippen LogP contribution in [0, 0.1) is 20.8 Å². The lowest BCUT2D eigenvalue weighted by atomic mass is 10.3. The number of carbonyl (C=O) groups is 1. The topological polar surface area (TPSA) is 64.1 Å². The first-order valence-electron chi connectivity index (χ1n) is 5.32. The molecule has 1 rings (SSSR count). The van der Waals surface area contributed by atoms with E-state index in [4.69, 9.17) is 16.3 Å². The second kappa shape index (κ2) is 6.39. The molecule has 94 valence electrons. The van der Waals surface area contributed by atoms with E-state index in [-0.39, 0.29) is 12.5 Å². The zero-order valence-corrected chi connectivity index (χ0v) is 11.0. The zero-order valence-electron chi connectivity index (χ0n) is 10.2. The van der Waals surface area contributed by atoms with Gasteiger partial charge in [-0.15, -0.1) is 11.6 Å². The molecule has 1 aromatic rings. The number of ether oxygens (including phenoxy) is 1. The number of rotatable bonds is 5. The number of halogens is 1. The highest BCUT2D eigenvalue weighted by molar-refractivity contribution is 6.18. The molecule has 1 amide bonds. The number of nitrogens with zero attached hydrogens (tertiary/aromatic N) is 2. The largest absolute Gasteiger partial charge is 0.466 e. The van der Waals surface area contributed by atoms with Crippen molar-refractivity contribution in [1.29, 1.82) is 0 Å². The first-order valence-corrected chi connectivity index (χ1v) is 5.85. The third-order valence-corrected chi connectivity index (χ3v) is 2.38. The summed E-state index contributed by atoms with van der Waals surface area (Å²) in [6.45, 7) is 5.89. The molecule has 0 aliphatic rings. The molecule has 5 nitrogen and oxygen atoms in total. The Balaban J connectivity index is 2.57. The molecule has 0 atom stereocenters. The summed E-state index contributed by atoms with van der Waals surface area (Å²) in [5, 5.41) is 2.60.